The first-order chi connectivity index (χ1) is 11.5. The molecular formula is C19H19FN2O2. The van der Waals surface area contributed by atoms with Crippen LogP contribution in [-0.2, 0) is 4.79 Å². The minimum atomic E-state index is -0.339. The van der Waals surface area contributed by atoms with Gasteiger partial charge >= 0.3 is 0 Å². The number of carbonyl (C=O) groups excluding carboxylic acids is 2. The Bertz CT molecular complexity index is 737. The zero-order valence-corrected chi connectivity index (χ0v) is 13.6. The highest BCUT2D eigenvalue weighted by atomic mass is 19.1. The van der Waals surface area contributed by atoms with E-state index in [1.54, 1.807) is 54.4 Å². The summed E-state index contributed by atoms with van der Waals surface area (Å²) in [5.74, 6) is -0.691. The zero-order valence-electron chi connectivity index (χ0n) is 13.6. The van der Waals surface area contributed by atoms with Gasteiger partial charge in [0.25, 0.3) is 11.8 Å². The summed E-state index contributed by atoms with van der Waals surface area (Å²) >= 11 is 0. The predicted octanol–water partition coefficient (Wildman–Crippen LogP) is 3.25. The maximum atomic E-state index is 13.0. The van der Waals surface area contributed by atoms with Gasteiger partial charge in [-0.2, -0.15) is 0 Å². The van der Waals surface area contributed by atoms with Gasteiger partial charge in [0.15, 0.2) is 0 Å². The fraction of sp³-hybridized carbons (Fsp3) is 0.158. The van der Waals surface area contributed by atoms with E-state index < -0.39 is 0 Å². The summed E-state index contributed by atoms with van der Waals surface area (Å²) < 4.78 is 13.0. The van der Waals surface area contributed by atoms with Crippen molar-refractivity contribution in [2.45, 2.75) is 6.92 Å². The summed E-state index contributed by atoms with van der Waals surface area (Å²) in [4.78, 5) is 25.4. The Morgan fingerprint density at radius 3 is 2.25 bits per heavy atom. The number of likely N-dealkylation sites (N-methyl/N-ethyl adjacent to an activating group) is 1. The molecule has 0 unspecified atom stereocenters. The number of benzene rings is 2. The van der Waals surface area contributed by atoms with Gasteiger partial charge in [-0.15, -0.1) is 0 Å². The minimum absolute atomic E-state index is 0.157. The average molecular weight is 326 g/mol. The molecule has 0 aliphatic rings. The molecule has 4 nitrogen and oxygen atoms in total. The van der Waals surface area contributed by atoms with Crippen molar-refractivity contribution in [2.75, 3.05) is 18.5 Å². The molecule has 0 fully saturated rings. The first-order valence-electron chi connectivity index (χ1n) is 7.62. The molecule has 0 aromatic heterocycles. The molecule has 2 amide bonds. The molecule has 2 rings (SSSR count). The molecule has 0 saturated heterocycles. The van der Waals surface area contributed by atoms with Gasteiger partial charge in [0, 0.05) is 30.9 Å². The van der Waals surface area contributed by atoms with Crippen LogP contribution in [0.15, 0.2) is 54.6 Å². The van der Waals surface area contributed by atoms with E-state index in [-0.39, 0.29) is 17.6 Å². The zero-order chi connectivity index (χ0) is 17.5. The maximum absolute atomic E-state index is 13.0. The number of amides is 2. The topological polar surface area (TPSA) is 49.4 Å². The summed E-state index contributed by atoms with van der Waals surface area (Å²) in [6, 6.07) is 12.7. The molecular weight excluding hydrogens is 307 g/mol. The van der Waals surface area contributed by atoms with E-state index in [4.69, 9.17) is 0 Å². The number of carbonyl (C=O) groups is 2. The third kappa shape index (κ3) is 4.29. The van der Waals surface area contributed by atoms with Crippen molar-refractivity contribution in [3.8, 4) is 0 Å². The lowest BCUT2D eigenvalue weighted by atomic mass is 10.1. The fourth-order valence-electron chi connectivity index (χ4n) is 2.23. The molecule has 2 aromatic carbocycles. The summed E-state index contributed by atoms with van der Waals surface area (Å²) in [5.41, 5.74) is 2.01. The van der Waals surface area contributed by atoms with Gasteiger partial charge in [-0.25, -0.2) is 4.39 Å². The molecule has 124 valence electrons. The van der Waals surface area contributed by atoms with Crippen LogP contribution in [0.25, 0.3) is 6.08 Å². The third-order valence-corrected chi connectivity index (χ3v) is 3.54. The van der Waals surface area contributed by atoms with Gasteiger partial charge < -0.3 is 10.2 Å². The van der Waals surface area contributed by atoms with E-state index in [9.17, 15) is 14.0 Å². The largest absolute Gasteiger partial charge is 0.355 e. The number of nitrogens with one attached hydrogen (secondary N) is 1. The van der Waals surface area contributed by atoms with Gasteiger partial charge in [-0.05, 0) is 55.0 Å². The summed E-state index contributed by atoms with van der Waals surface area (Å²) in [7, 11) is 1.57. The summed E-state index contributed by atoms with van der Waals surface area (Å²) in [6.07, 6.45) is 3.14. The van der Waals surface area contributed by atoms with Gasteiger partial charge in [0.2, 0.25) is 0 Å². The molecule has 0 bridgehead atoms. The SMILES string of the molecule is CCN(C(=O)/C=C/c1ccc(C(=O)NC)cc1)c1ccc(F)cc1. The minimum Gasteiger partial charge on any atom is -0.355 e. The molecule has 24 heavy (non-hydrogen) atoms. The highest BCUT2D eigenvalue weighted by Gasteiger charge is 2.11. The van der Waals surface area contributed by atoms with Crippen LogP contribution in [0, 0.1) is 5.82 Å². The van der Waals surface area contributed by atoms with Crippen LogP contribution in [0.4, 0.5) is 10.1 Å². The third-order valence-electron chi connectivity index (χ3n) is 3.54. The van der Waals surface area contributed by atoms with Crippen molar-refractivity contribution in [3.63, 3.8) is 0 Å². The van der Waals surface area contributed by atoms with Crippen molar-refractivity contribution in [3.05, 3.63) is 71.6 Å². The van der Waals surface area contributed by atoms with Gasteiger partial charge in [0.05, 0.1) is 0 Å². The second-order valence-electron chi connectivity index (χ2n) is 5.09. The van der Waals surface area contributed by atoms with Crippen LogP contribution in [-0.4, -0.2) is 25.4 Å². The number of anilines is 1. The number of hydrogen-bond donors (Lipinski definition) is 1. The van der Waals surface area contributed by atoms with Crippen molar-refractivity contribution in [1.82, 2.24) is 5.32 Å². The van der Waals surface area contributed by atoms with Crippen molar-refractivity contribution < 1.29 is 14.0 Å². The number of rotatable bonds is 5. The van der Waals surface area contributed by atoms with Crippen molar-refractivity contribution in [2.24, 2.45) is 0 Å². The van der Waals surface area contributed by atoms with E-state index in [0.29, 0.717) is 17.8 Å². The number of nitrogens with zero attached hydrogens (tertiary/aromatic N) is 1. The molecule has 2 aromatic rings. The van der Waals surface area contributed by atoms with E-state index in [2.05, 4.69) is 5.32 Å². The lowest BCUT2D eigenvalue weighted by Gasteiger charge is -2.19. The normalized spacial score (nSPS) is 10.6. The Kier molecular flexibility index (Phi) is 5.84. The lowest BCUT2D eigenvalue weighted by molar-refractivity contribution is -0.114. The van der Waals surface area contributed by atoms with Crippen LogP contribution in [0.3, 0.4) is 0 Å². The maximum Gasteiger partial charge on any atom is 0.251 e. The molecule has 1 N–H and O–H groups in total. The standard InChI is InChI=1S/C19H19FN2O2/c1-3-22(17-11-9-16(20)10-12-17)18(23)13-6-14-4-7-15(8-5-14)19(24)21-2/h4-13H,3H2,1-2H3,(H,21,24)/b13-6+. The predicted molar refractivity (Wildman–Crippen MR) is 93.3 cm³/mol. The molecule has 0 aliphatic carbocycles. The van der Waals surface area contributed by atoms with Crippen molar-refractivity contribution in [1.29, 1.82) is 0 Å². The Labute approximate surface area is 140 Å². The molecule has 5 heteroatoms. The van der Waals surface area contributed by atoms with E-state index in [0.717, 1.165) is 5.56 Å². The molecule has 0 radical (unpaired) electrons. The van der Waals surface area contributed by atoms with Crippen LogP contribution >= 0.6 is 0 Å². The number of halogens is 1. The monoisotopic (exact) mass is 326 g/mol. The van der Waals surface area contributed by atoms with Crippen molar-refractivity contribution >= 4 is 23.6 Å². The lowest BCUT2D eigenvalue weighted by Crippen LogP contribution is -2.28. The summed E-state index contributed by atoms with van der Waals surface area (Å²) in [5, 5.41) is 2.55. The first kappa shape index (κ1) is 17.4. The van der Waals surface area contributed by atoms with Crippen LogP contribution in [0.2, 0.25) is 0 Å². The van der Waals surface area contributed by atoms with Crippen LogP contribution in [0.5, 0.6) is 0 Å². The Morgan fingerprint density at radius 2 is 1.71 bits per heavy atom. The summed E-state index contributed by atoms with van der Waals surface area (Å²) in [6.45, 7) is 2.33. The van der Waals surface area contributed by atoms with Gasteiger partial charge in [-0.3, -0.25) is 9.59 Å². The molecule has 0 aliphatic heterocycles. The Morgan fingerprint density at radius 1 is 1.08 bits per heavy atom. The van der Waals surface area contributed by atoms with Gasteiger partial charge in [-0.1, -0.05) is 12.1 Å². The van der Waals surface area contributed by atoms with Gasteiger partial charge in [0.1, 0.15) is 5.82 Å². The van der Waals surface area contributed by atoms with Crippen LogP contribution in [0.1, 0.15) is 22.8 Å². The highest BCUT2D eigenvalue weighted by molar-refractivity contribution is 6.03. The average Bonchev–Trinajstić information content (AvgIpc) is 2.62. The molecule has 0 saturated carbocycles. The Hall–Kier alpha value is -2.95. The number of hydrogen-bond acceptors (Lipinski definition) is 2. The first-order valence-corrected chi connectivity index (χ1v) is 7.62. The van der Waals surface area contributed by atoms with E-state index >= 15 is 0 Å². The molecule has 0 heterocycles. The highest BCUT2D eigenvalue weighted by Crippen LogP contribution is 2.15. The molecule has 0 atom stereocenters. The second-order valence-corrected chi connectivity index (χ2v) is 5.09. The van der Waals surface area contributed by atoms with E-state index in [1.807, 2.05) is 6.92 Å². The van der Waals surface area contributed by atoms with E-state index in [1.165, 1.54) is 18.2 Å². The smallest absolute Gasteiger partial charge is 0.251 e. The Balaban J connectivity index is 2.10. The second kappa shape index (κ2) is 8.06. The fourth-order valence-corrected chi connectivity index (χ4v) is 2.23. The molecule has 0 spiro atoms. The van der Waals surface area contributed by atoms with Crippen LogP contribution < -0.4 is 10.2 Å². The quantitative estimate of drug-likeness (QED) is 0.858.